The van der Waals surface area contributed by atoms with Gasteiger partial charge in [0.15, 0.2) is 5.76 Å². The van der Waals surface area contributed by atoms with E-state index in [0.717, 1.165) is 30.3 Å². The van der Waals surface area contributed by atoms with Gasteiger partial charge in [-0.1, -0.05) is 11.6 Å². The van der Waals surface area contributed by atoms with Crippen molar-refractivity contribution in [1.29, 1.82) is 0 Å². The lowest BCUT2D eigenvalue weighted by atomic mass is 9.85. The van der Waals surface area contributed by atoms with Crippen LogP contribution in [-0.4, -0.2) is 47.1 Å². The van der Waals surface area contributed by atoms with E-state index in [1.165, 1.54) is 12.8 Å². The molecule has 0 unspecified atom stereocenters. The minimum atomic E-state index is -0.792. The van der Waals surface area contributed by atoms with Crippen molar-refractivity contribution in [3.8, 4) is 0 Å². The van der Waals surface area contributed by atoms with Crippen LogP contribution in [-0.2, 0) is 4.79 Å². The van der Waals surface area contributed by atoms with E-state index in [1.54, 1.807) is 18.2 Å². The highest BCUT2D eigenvalue weighted by molar-refractivity contribution is 6.31. The van der Waals surface area contributed by atoms with Crippen molar-refractivity contribution in [2.24, 2.45) is 5.92 Å². The zero-order valence-electron chi connectivity index (χ0n) is 15.2. The van der Waals surface area contributed by atoms with Crippen LogP contribution in [0.4, 0.5) is 0 Å². The molecule has 0 spiro atoms. The maximum absolute atomic E-state index is 12.6. The lowest BCUT2D eigenvalue weighted by Crippen LogP contribution is -2.55. The third-order valence-corrected chi connectivity index (χ3v) is 5.83. The number of carbonyl (C=O) groups is 2. The molecule has 4 rings (SSSR count). The van der Waals surface area contributed by atoms with Gasteiger partial charge in [-0.15, -0.1) is 0 Å². The smallest absolute Gasteiger partial charge is 0.317 e. The van der Waals surface area contributed by atoms with E-state index < -0.39 is 5.97 Å². The normalized spacial score (nSPS) is 22.0. The molecule has 6 nitrogen and oxygen atoms in total. The third kappa shape index (κ3) is 3.96. The zero-order valence-corrected chi connectivity index (χ0v) is 16.0. The van der Waals surface area contributed by atoms with Gasteiger partial charge in [-0.25, -0.2) is 0 Å². The van der Waals surface area contributed by atoms with Gasteiger partial charge in [0.1, 0.15) is 5.58 Å². The van der Waals surface area contributed by atoms with Crippen LogP contribution in [0.5, 0.6) is 0 Å². The van der Waals surface area contributed by atoms with E-state index in [0.29, 0.717) is 22.3 Å². The number of nitrogens with one attached hydrogen (secondary N) is 1. The number of benzene rings is 1. The predicted octanol–water partition coefficient (Wildman–Crippen LogP) is 3.45. The number of carboxylic acids is 1. The van der Waals surface area contributed by atoms with Crippen molar-refractivity contribution >= 4 is 34.4 Å². The molecule has 1 heterocycles. The van der Waals surface area contributed by atoms with Crippen LogP contribution in [0.3, 0.4) is 0 Å². The molecule has 27 heavy (non-hydrogen) atoms. The minimum Gasteiger partial charge on any atom is -0.480 e. The molecule has 2 N–H and O–H groups in total. The number of carbonyl (C=O) groups excluding carboxylic acids is 1. The summed E-state index contributed by atoms with van der Waals surface area (Å²) in [5, 5.41) is 13.6. The van der Waals surface area contributed by atoms with E-state index in [-0.39, 0.29) is 24.5 Å². The molecule has 2 aromatic rings. The highest BCUT2D eigenvalue weighted by Crippen LogP contribution is 2.34. The van der Waals surface area contributed by atoms with Crippen molar-refractivity contribution in [2.45, 2.75) is 44.7 Å². The molecule has 1 amide bonds. The zero-order chi connectivity index (χ0) is 19.1. The molecular formula is C20H23ClN2O4. The second kappa shape index (κ2) is 7.17. The second-order valence-electron chi connectivity index (χ2n) is 7.76. The summed E-state index contributed by atoms with van der Waals surface area (Å²) in [7, 11) is 0. The quantitative estimate of drug-likeness (QED) is 0.756. The number of rotatable bonds is 7. The van der Waals surface area contributed by atoms with Crippen molar-refractivity contribution in [2.75, 3.05) is 13.1 Å². The topological polar surface area (TPSA) is 82.8 Å². The Bertz CT molecular complexity index is 883. The first-order valence-corrected chi connectivity index (χ1v) is 9.74. The molecule has 0 atom stereocenters. The number of furan rings is 1. The van der Waals surface area contributed by atoms with Gasteiger partial charge in [0.2, 0.25) is 0 Å². The van der Waals surface area contributed by atoms with Gasteiger partial charge < -0.3 is 14.8 Å². The number of aliphatic carboxylic acids is 1. The van der Waals surface area contributed by atoms with Crippen LogP contribution >= 0.6 is 11.6 Å². The van der Waals surface area contributed by atoms with E-state index in [9.17, 15) is 9.59 Å². The van der Waals surface area contributed by atoms with Gasteiger partial charge >= 0.3 is 5.97 Å². The predicted molar refractivity (Wildman–Crippen MR) is 102 cm³/mol. The van der Waals surface area contributed by atoms with Crippen LogP contribution in [0.15, 0.2) is 22.6 Å². The molecule has 1 aromatic heterocycles. The second-order valence-corrected chi connectivity index (χ2v) is 8.20. The van der Waals surface area contributed by atoms with Gasteiger partial charge in [-0.05, 0) is 56.7 Å². The number of halogens is 1. The van der Waals surface area contributed by atoms with E-state index >= 15 is 0 Å². The van der Waals surface area contributed by atoms with E-state index in [2.05, 4.69) is 10.2 Å². The Balaban J connectivity index is 1.37. The summed E-state index contributed by atoms with van der Waals surface area (Å²) >= 11 is 6.03. The summed E-state index contributed by atoms with van der Waals surface area (Å²) in [5.41, 5.74) is 1.42. The molecule has 0 radical (unpaired) electrons. The van der Waals surface area contributed by atoms with E-state index in [4.69, 9.17) is 21.1 Å². The lowest BCUT2D eigenvalue weighted by Gasteiger charge is -2.42. The Labute approximate surface area is 162 Å². The third-order valence-electron chi connectivity index (χ3n) is 5.60. The van der Waals surface area contributed by atoms with Crippen molar-refractivity contribution in [1.82, 2.24) is 10.2 Å². The molecule has 0 saturated heterocycles. The molecule has 2 saturated carbocycles. The molecule has 2 fully saturated rings. The van der Waals surface area contributed by atoms with Crippen LogP contribution in [0, 0.1) is 12.8 Å². The van der Waals surface area contributed by atoms with Gasteiger partial charge in [-0.3, -0.25) is 14.5 Å². The number of hydrogen-bond acceptors (Lipinski definition) is 4. The number of amides is 1. The number of carboxylic acid groups (broad SMARTS) is 1. The Morgan fingerprint density at radius 1 is 1.33 bits per heavy atom. The fraction of sp³-hybridized carbons (Fsp3) is 0.500. The Morgan fingerprint density at radius 3 is 2.74 bits per heavy atom. The van der Waals surface area contributed by atoms with E-state index in [1.807, 2.05) is 6.92 Å². The summed E-state index contributed by atoms with van der Waals surface area (Å²) in [6, 6.07) is 5.58. The molecule has 144 valence electrons. The highest BCUT2D eigenvalue weighted by atomic mass is 35.5. The standard InChI is InChI=1S/C20H23ClN2O4/c1-11-16-6-13(21)4-5-17(16)27-19(11)20(26)22-14-7-15(8-14)23(10-18(24)25)9-12-2-3-12/h4-6,12,14-15H,2-3,7-10H2,1H3,(H,22,26)(H,24,25). The summed E-state index contributed by atoms with van der Waals surface area (Å²) in [5.74, 6) is -0.0611. The first-order valence-electron chi connectivity index (χ1n) is 9.36. The molecule has 0 bridgehead atoms. The average Bonchev–Trinajstić information content (AvgIpc) is 3.33. The Hall–Kier alpha value is -2.05. The molecule has 7 heteroatoms. The first kappa shape index (κ1) is 18.3. The average molecular weight is 391 g/mol. The van der Waals surface area contributed by atoms with Crippen molar-refractivity contribution in [3.05, 3.63) is 34.5 Å². The fourth-order valence-corrected chi connectivity index (χ4v) is 3.99. The fourth-order valence-electron chi connectivity index (χ4n) is 3.81. The molecule has 2 aliphatic carbocycles. The van der Waals surface area contributed by atoms with Gasteiger partial charge in [0.05, 0.1) is 6.54 Å². The molecule has 0 aliphatic heterocycles. The van der Waals surface area contributed by atoms with Crippen LogP contribution in [0.25, 0.3) is 11.0 Å². The van der Waals surface area contributed by atoms with Crippen LogP contribution in [0.2, 0.25) is 5.02 Å². The summed E-state index contributed by atoms with van der Waals surface area (Å²) in [4.78, 5) is 25.8. The summed E-state index contributed by atoms with van der Waals surface area (Å²) in [6.45, 7) is 2.78. The largest absolute Gasteiger partial charge is 0.480 e. The monoisotopic (exact) mass is 390 g/mol. The van der Waals surface area contributed by atoms with Gasteiger partial charge in [0, 0.05) is 34.6 Å². The first-order chi connectivity index (χ1) is 12.9. The van der Waals surface area contributed by atoms with Crippen molar-refractivity contribution < 1.29 is 19.1 Å². The Morgan fingerprint density at radius 2 is 2.07 bits per heavy atom. The molecular weight excluding hydrogens is 368 g/mol. The number of hydrogen-bond donors (Lipinski definition) is 2. The minimum absolute atomic E-state index is 0.0502. The number of nitrogens with zero attached hydrogens (tertiary/aromatic N) is 1. The maximum Gasteiger partial charge on any atom is 0.317 e. The number of aryl methyl sites for hydroxylation is 1. The summed E-state index contributed by atoms with van der Waals surface area (Å²) in [6.07, 6.45) is 3.93. The lowest BCUT2D eigenvalue weighted by molar-refractivity contribution is -0.139. The van der Waals surface area contributed by atoms with Crippen molar-refractivity contribution in [3.63, 3.8) is 0 Å². The Kier molecular flexibility index (Phi) is 4.86. The molecule has 1 aromatic carbocycles. The SMILES string of the molecule is Cc1c(C(=O)NC2CC(N(CC(=O)O)CC3CC3)C2)oc2ccc(Cl)cc12. The van der Waals surface area contributed by atoms with Gasteiger partial charge in [0.25, 0.3) is 5.91 Å². The molecule has 2 aliphatic rings. The van der Waals surface area contributed by atoms with Crippen LogP contribution in [0.1, 0.15) is 41.8 Å². The number of fused-ring (bicyclic) bond motifs is 1. The maximum atomic E-state index is 12.6. The summed E-state index contributed by atoms with van der Waals surface area (Å²) < 4.78 is 5.71. The van der Waals surface area contributed by atoms with Crippen LogP contribution < -0.4 is 5.32 Å². The highest BCUT2D eigenvalue weighted by Gasteiger charge is 2.38. The van der Waals surface area contributed by atoms with Gasteiger partial charge in [-0.2, -0.15) is 0 Å².